The van der Waals surface area contributed by atoms with Crippen molar-refractivity contribution < 1.29 is 14.6 Å². The molecule has 1 heterocycles. The third-order valence-electron chi connectivity index (χ3n) is 3.81. The van der Waals surface area contributed by atoms with Crippen molar-refractivity contribution in [1.82, 2.24) is 4.90 Å². The molecular formula is C16H23NO3. The normalized spacial score (nSPS) is 22.9. The molecule has 1 N–H and O–H groups in total. The van der Waals surface area contributed by atoms with E-state index >= 15 is 0 Å². The van der Waals surface area contributed by atoms with E-state index in [9.17, 15) is 9.90 Å². The number of hydrogen-bond acceptors (Lipinski definition) is 3. The van der Waals surface area contributed by atoms with Crippen LogP contribution < -0.4 is 0 Å². The zero-order valence-electron chi connectivity index (χ0n) is 12.4. The van der Waals surface area contributed by atoms with E-state index in [1.54, 1.807) is 4.90 Å². The molecule has 0 spiro atoms. The van der Waals surface area contributed by atoms with Crippen molar-refractivity contribution in [2.45, 2.75) is 39.4 Å². The number of rotatable bonds is 3. The third kappa shape index (κ3) is 3.58. The summed E-state index contributed by atoms with van der Waals surface area (Å²) < 4.78 is 5.56. The number of carbonyl (C=O) groups excluding carboxylic acids is 1. The van der Waals surface area contributed by atoms with Gasteiger partial charge in [0.05, 0.1) is 25.2 Å². The lowest BCUT2D eigenvalue weighted by atomic mass is 10.0. The van der Waals surface area contributed by atoms with Crippen LogP contribution in [-0.4, -0.2) is 47.8 Å². The van der Waals surface area contributed by atoms with E-state index in [-0.39, 0.29) is 24.7 Å². The van der Waals surface area contributed by atoms with Crippen LogP contribution in [0, 0.1) is 13.8 Å². The summed E-state index contributed by atoms with van der Waals surface area (Å²) in [7, 11) is 0. The first-order valence-corrected chi connectivity index (χ1v) is 7.10. The van der Waals surface area contributed by atoms with Gasteiger partial charge in [-0.1, -0.05) is 18.2 Å². The molecule has 0 bridgehead atoms. The summed E-state index contributed by atoms with van der Waals surface area (Å²) in [5, 5.41) is 9.20. The lowest BCUT2D eigenvalue weighted by Crippen LogP contribution is -2.50. The monoisotopic (exact) mass is 277 g/mol. The van der Waals surface area contributed by atoms with Crippen molar-refractivity contribution >= 4 is 5.91 Å². The Morgan fingerprint density at radius 1 is 1.35 bits per heavy atom. The minimum Gasteiger partial charge on any atom is -0.394 e. The topological polar surface area (TPSA) is 49.8 Å². The Kier molecular flexibility index (Phi) is 4.78. The molecule has 1 aromatic carbocycles. The van der Waals surface area contributed by atoms with Crippen LogP contribution in [0.4, 0.5) is 0 Å². The van der Waals surface area contributed by atoms with Crippen molar-refractivity contribution in [3.63, 3.8) is 0 Å². The second kappa shape index (κ2) is 6.37. The highest BCUT2D eigenvalue weighted by atomic mass is 16.5. The van der Waals surface area contributed by atoms with Gasteiger partial charge in [-0.15, -0.1) is 0 Å². The van der Waals surface area contributed by atoms with Crippen LogP contribution >= 0.6 is 0 Å². The average molecular weight is 277 g/mol. The fraction of sp³-hybridized carbons (Fsp3) is 0.562. The van der Waals surface area contributed by atoms with Crippen LogP contribution in [0.3, 0.4) is 0 Å². The van der Waals surface area contributed by atoms with E-state index in [2.05, 4.69) is 26.0 Å². The predicted molar refractivity (Wildman–Crippen MR) is 77.6 cm³/mol. The van der Waals surface area contributed by atoms with Gasteiger partial charge in [0, 0.05) is 13.1 Å². The van der Waals surface area contributed by atoms with Gasteiger partial charge in [0.25, 0.3) is 0 Å². The van der Waals surface area contributed by atoms with Crippen LogP contribution in [0.15, 0.2) is 18.2 Å². The molecule has 1 aromatic rings. The summed E-state index contributed by atoms with van der Waals surface area (Å²) in [6.45, 7) is 7.08. The minimum atomic E-state index is -0.262. The Balaban J connectivity index is 2.01. The molecule has 0 radical (unpaired) electrons. The summed E-state index contributed by atoms with van der Waals surface area (Å²) in [5.41, 5.74) is 3.48. The molecule has 1 saturated heterocycles. The van der Waals surface area contributed by atoms with Crippen LogP contribution in [0.2, 0.25) is 0 Å². The Morgan fingerprint density at radius 3 is 2.75 bits per heavy atom. The SMILES string of the molecule is Cc1ccc(CC(=O)N2CC(C)OC(CO)C2)cc1C. The zero-order chi connectivity index (χ0) is 14.7. The molecule has 0 aliphatic carbocycles. The number of hydrogen-bond donors (Lipinski definition) is 1. The van der Waals surface area contributed by atoms with E-state index in [1.165, 1.54) is 11.1 Å². The Bertz CT molecular complexity index is 487. The fourth-order valence-corrected chi connectivity index (χ4v) is 2.55. The van der Waals surface area contributed by atoms with Gasteiger partial charge in [0.2, 0.25) is 5.91 Å². The Hall–Kier alpha value is -1.39. The molecule has 1 amide bonds. The smallest absolute Gasteiger partial charge is 0.227 e. The quantitative estimate of drug-likeness (QED) is 0.910. The van der Waals surface area contributed by atoms with Gasteiger partial charge < -0.3 is 14.7 Å². The molecule has 110 valence electrons. The number of aliphatic hydroxyl groups excluding tert-OH is 1. The maximum absolute atomic E-state index is 12.4. The fourth-order valence-electron chi connectivity index (χ4n) is 2.55. The van der Waals surface area contributed by atoms with E-state index < -0.39 is 0 Å². The molecule has 2 rings (SSSR count). The summed E-state index contributed by atoms with van der Waals surface area (Å²) in [4.78, 5) is 14.2. The number of amides is 1. The second-order valence-corrected chi connectivity index (χ2v) is 5.65. The van der Waals surface area contributed by atoms with Crippen LogP contribution in [0.25, 0.3) is 0 Å². The molecule has 2 unspecified atom stereocenters. The minimum absolute atomic E-state index is 0.0235. The number of morpholine rings is 1. The van der Waals surface area contributed by atoms with Gasteiger partial charge >= 0.3 is 0 Å². The molecule has 0 aromatic heterocycles. The maximum Gasteiger partial charge on any atom is 0.227 e. The van der Waals surface area contributed by atoms with E-state index in [1.807, 2.05) is 13.0 Å². The number of nitrogens with zero attached hydrogens (tertiary/aromatic N) is 1. The highest BCUT2D eigenvalue weighted by Gasteiger charge is 2.27. The molecular weight excluding hydrogens is 254 g/mol. The van der Waals surface area contributed by atoms with E-state index in [0.717, 1.165) is 5.56 Å². The molecule has 20 heavy (non-hydrogen) atoms. The first-order valence-electron chi connectivity index (χ1n) is 7.10. The predicted octanol–water partition coefficient (Wildman–Crippen LogP) is 1.45. The Labute approximate surface area is 120 Å². The molecule has 0 saturated carbocycles. The third-order valence-corrected chi connectivity index (χ3v) is 3.81. The standard InChI is InChI=1S/C16H23NO3/c1-11-4-5-14(6-12(11)2)7-16(19)17-8-13(3)20-15(9-17)10-18/h4-6,13,15,18H,7-10H2,1-3H3. The van der Waals surface area contributed by atoms with E-state index in [0.29, 0.717) is 19.5 Å². The van der Waals surface area contributed by atoms with Crippen LogP contribution in [0.1, 0.15) is 23.6 Å². The molecule has 1 aliphatic rings. The zero-order valence-corrected chi connectivity index (χ0v) is 12.4. The molecule has 4 nitrogen and oxygen atoms in total. The summed E-state index contributed by atoms with van der Waals surface area (Å²) >= 11 is 0. The van der Waals surface area contributed by atoms with Gasteiger partial charge in [-0.2, -0.15) is 0 Å². The largest absolute Gasteiger partial charge is 0.394 e. The van der Waals surface area contributed by atoms with Crippen molar-refractivity contribution in [2.75, 3.05) is 19.7 Å². The van der Waals surface area contributed by atoms with Crippen LogP contribution in [-0.2, 0) is 16.0 Å². The summed E-state index contributed by atoms with van der Waals surface area (Å²) in [6, 6.07) is 6.13. The van der Waals surface area contributed by atoms with Crippen molar-refractivity contribution in [3.8, 4) is 0 Å². The van der Waals surface area contributed by atoms with Crippen molar-refractivity contribution in [2.24, 2.45) is 0 Å². The number of carbonyl (C=O) groups is 1. The van der Waals surface area contributed by atoms with E-state index in [4.69, 9.17) is 4.74 Å². The molecule has 2 atom stereocenters. The first kappa shape index (κ1) is 15.0. The number of aryl methyl sites for hydroxylation is 2. The molecule has 4 heteroatoms. The maximum atomic E-state index is 12.4. The highest BCUT2D eigenvalue weighted by Crippen LogP contribution is 2.15. The highest BCUT2D eigenvalue weighted by molar-refractivity contribution is 5.79. The lowest BCUT2D eigenvalue weighted by molar-refractivity contribution is -0.146. The number of ether oxygens (including phenoxy) is 1. The van der Waals surface area contributed by atoms with Crippen molar-refractivity contribution in [3.05, 3.63) is 34.9 Å². The average Bonchev–Trinajstić information content (AvgIpc) is 2.42. The van der Waals surface area contributed by atoms with Gasteiger partial charge in [0.1, 0.15) is 0 Å². The number of aliphatic hydroxyl groups is 1. The number of benzene rings is 1. The second-order valence-electron chi connectivity index (χ2n) is 5.65. The van der Waals surface area contributed by atoms with Gasteiger partial charge in [-0.25, -0.2) is 0 Å². The van der Waals surface area contributed by atoms with Crippen LogP contribution in [0.5, 0.6) is 0 Å². The summed E-state index contributed by atoms with van der Waals surface area (Å²) in [6.07, 6.45) is 0.124. The van der Waals surface area contributed by atoms with Gasteiger partial charge in [-0.05, 0) is 37.5 Å². The first-order chi connectivity index (χ1) is 9.49. The molecule has 1 fully saturated rings. The summed E-state index contributed by atoms with van der Waals surface area (Å²) in [5.74, 6) is 0.0989. The Morgan fingerprint density at radius 2 is 2.10 bits per heavy atom. The lowest BCUT2D eigenvalue weighted by Gasteiger charge is -2.36. The van der Waals surface area contributed by atoms with Crippen molar-refractivity contribution in [1.29, 1.82) is 0 Å². The van der Waals surface area contributed by atoms with Gasteiger partial charge in [-0.3, -0.25) is 4.79 Å². The van der Waals surface area contributed by atoms with Gasteiger partial charge in [0.15, 0.2) is 0 Å². The molecule has 1 aliphatic heterocycles.